The number of ketones is 1. The molecule has 2 aromatic carbocycles. The molecule has 3 aromatic rings. The highest BCUT2D eigenvalue weighted by Crippen LogP contribution is 2.22. The fraction of sp³-hybridized carbons (Fsp3) is 0.0588. The van der Waals surface area contributed by atoms with Crippen LogP contribution < -0.4 is 0 Å². The van der Waals surface area contributed by atoms with Crippen molar-refractivity contribution in [2.75, 3.05) is 0 Å². The zero-order valence-electron chi connectivity index (χ0n) is 11.0. The molecule has 21 heavy (non-hydrogen) atoms. The number of hydrogen-bond donors (Lipinski definition) is 0. The first-order valence-corrected chi connectivity index (χ1v) is 8.33. The van der Waals surface area contributed by atoms with Gasteiger partial charge in [0.2, 0.25) is 0 Å². The average Bonchev–Trinajstić information content (AvgIpc) is 2.50. The second-order valence-corrected chi connectivity index (χ2v) is 6.79. The van der Waals surface area contributed by atoms with Gasteiger partial charge in [-0.2, -0.15) is 0 Å². The molecule has 0 unspecified atom stereocenters. The molecule has 0 radical (unpaired) electrons. The summed E-state index contributed by atoms with van der Waals surface area (Å²) < 4.78 is 1.89. The Morgan fingerprint density at radius 3 is 2.81 bits per heavy atom. The quantitative estimate of drug-likeness (QED) is 0.413. The minimum absolute atomic E-state index is 0.122. The van der Waals surface area contributed by atoms with Crippen LogP contribution in [0.2, 0.25) is 0 Å². The molecule has 0 fully saturated rings. The molecule has 0 saturated heterocycles. The summed E-state index contributed by atoms with van der Waals surface area (Å²) in [4.78, 5) is 16.9. The largest absolute Gasteiger partial charge is 0.294 e. The van der Waals surface area contributed by atoms with Crippen LogP contribution in [0.25, 0.3) is 10.9 Å². The van der Waals surface area contributed by atoms with Gasteiger partial charge in [-0.15, -0.1) is 0 Å². The van der Waals surface area contributed by atoms with Crippen molar-refractivity contribution in [1.29, 1.82) is 0 Å². The third-order valence-corrected chi connectivity index (χ3v) is 4.75. The van der Waals surface area contributed by atoms with E-state index < -0.39 is 0 Å². The highest BCUT2D eigenvalue weighted by atomic mass is 127. The Morgan fingerprint density at radius 2 is 1.95 bits per heavy atom. The normalized spacial score (nSPS) is 10.8. The molecule has 0 aliphatic rings. The van der Waals surface area contributed by atoms with E-state index in [1.54, 1.807) is 6.20 Å². The Bertz CT molecular complexity index is 827. The number of carbonyl (C=O) groups excluding carboxylic acids is 1. The molecule has 1 heterocycles. The smallest absolute Gasteiger partial charge is 0.168 e. The number of Topliss-reactive ketones (excluding diaryl/α,β-unsaturated/α-hetero) is 1. The topological polar surface area (TPSA) is 30.0 Å². The maximum absolute atomic E-state index is 12.6. The zero-order chi connectivity index (χ0) is 14.8. The highest BCUT2D eigenvalue weighted by Gasteiger charge is 2.13. The molecule has 104 valence electrons. The van der Waals surface area contributed by atoms with Crippen molar-refractivity contribution < 1.29 is 4.79 Å². The molecule has 0 aliphatic carbocycles. The van der Waals surface area contributed by atoms with Crippen molar-refractivity contribution in [3.8, 4) is 0 Å². The summed E-state index contributed by atoms with van der Waals surface area (Å²) in [6.07, 6.45) is 2.15. The molecule has 2 nitrogen and oxygen atoms in total. The number of aromatic nitrogens is 1. The van der Waals surface area contributed by atoms with Gasteiger partial charge in [0.25, 0.3) is 0 Å². The van der Waals surface area contributed by atoms with E-state index in [-0.39, 0.29) is 5.78 Å². The van der Waals surface area contributed by atoms with Gasteiger partial charge in [0, 0.05) is 31.6 Å². The van der Waals surface area contributed by atoms with Crippen LogP contribution in [0.4, 0.5) is 0 Å². The number of nitrogens with zero attached hydrogens (tertiary/aromatic N) is 1. The van der Waals surface area contributed by atoms with Gasteiger partial charge in [0.1, 0.15) is 0 Å². The molecule has 1 aromatic heterocycles. The number of para-hydroxylation sites is 1. The van der Waals surface area contributed by atoms with E-state index in [2.05, 4.69) is 43.5 Å². The van der Waals surface area contributed by atoms with Gasteiger partial charge >= 0.3 is 0 Å². The molecule has 0 bridgehead atoms. The van der Waals surface area contributed by atoms with Crippen molar-refractivity contribution in [3.63, 3.8) is 0 Å². The van der Waals surface area contributed by atoms with Crippen LogP contribution >= 0.6 is 38.5 Å². The van der Waals surface area contributed by atoms with Crippen molar-refractivity contribution in [2.45, 2.75) is 6.42 Å². The monoisotopic (exact) mass is 451 g/mol. The van der Waals surface area contributed by atoms with Crippen LogP contribution in [0.1, 0.15) is 15.9 Å². The third kappa shape index (κ3) is 3.16. The fourth-order valence-corrected chi connectivity index (χ4v) is 3.29. The number of benzene rings is 2. The third-order valence-electron chi connectivity index (χ3n) is 3.32. The number of pyridine rings is 1. The second-order valence-electron chi connectivity index (χ2n) is 4.71. The highest BCUT2D eigenvalue weighted by molar-refractivity contribution is 14.1. The lowest BCUT2D eigenvalue weighted by molar-refractivity contribution is 0.0992. The van der Waals surface area contributed by atoms with E-state index >= 15 is 0 Å². The second kappa shape index (κ2) is 6.23. The van der Waals surface area contributed by atoms with E-state index in [1.165, 1.54) is 0 Å². The lowest BCUT2D eigenvalue weighted by atomic mass is 10.0. The summed E-state index contributed by atoms with van der Waals surface area (Å²) in [5.41, 5.74) is 2.69. The predicted octanol–water partition coefficient (Wildman–Crippen LogP) is 5.03. The lowest BCUT2D eigenvalue weighted by Gasteiger charge is -2.07. The number of rotatable bonds is 3. The summed E-state index contributed by atoms with van der Waals surface area (Å²) in [5, 5.41) is 1.04. The van der Waals surface area contributed by atoms with Crippen molar-refractivity contribution >= 4 is 55.2 Å². The minimum atomic E-state index is 0.122. The maximum atomic E-state index is 12.6. The molecule has 0 spiro atoms. The molecular formula is C17H11BrINO. The first kappa shape index (κ1) is 14.7. The maximum Gasteiger partial charge on any atom is 0.168 e. The van der Waals surface area contributed by atoms with E-state index in [9.17, 15) is 4.79 Å². The van der Waals surface area contributed by atoms with Crippen LogP contribution in [0, 0.1) is 3.57 Å². The summed E-state index contributed by atoms with van der Waals surface area (Å²) in [6.45, 7) is 0. The zero-order valence-corrected chi connectivity index (χ0v) is 14.8. The van der Waals surface area contributed by atoms with Crippen LogP contribution in [0.3, 0.4) is 0 Å². The van der Waals surface area contributed by atoms with E-state index in [1.807, 2.05) is 48.5 Å². The van der Waals surface area contributed by atoms with Gasteiger partial charge < -0.3 is 0 Å². The van der Waals surface area contributed by atoms with Gasteiger partial charge in [-0.3, -0.25) is 9.78 Å². The SMILES string of the molecule is O=C(Cc1ccnc2ccccc12)c1cc(Br)ccc1I. The minimum Gasteiger partial charge on any atom is -0.294 e. The number of fused-ring (bicyclic) bond motifs is 1. The lowest BCUT2D eigenvalue weighted by Crippen LogP contribution is -2.06. The molecule has 0 atom stereocenters. The summed E-state index contributed by atoms with van der Waals surface area (Å²) in [7, 11) is 0. The predicted molar refractivity (Wildman–Crippen MR) is 96.6 cm³/mol. The van der Waals surface area contributed by atoms with E-state index in [0.29, 0.717) is 6.42 Å². The number of hydrogen-bond acceptors (Lipinski definition) is 2. The van der Waals surface area contributed by atoms with Gasteiger partial charge in [0.15, 0.2) is 5.78 Å². The van der Waals surface area contributed by atoms with Gasteiger partial charge in [-0.1, -0.05) is 34.1 Å². The van der Waals surface area contributed by atoms with Crippen molar-refractivity contribution in [1.82, 2.24) is 4.98 Å². The van der Waals surface area contributed by atoms with Crippen LogP contribution in [0.15, 0.2) is 59.2 Å². The van der Waals surface area contributed by atoms with Crippen molar-refractivity contribution in [3.05, 3.63) is 73.9 Å². The molecule has 0 aliphatic heterocycles. The fourth-order valence-electron chi connectivity index (χ4n) is 2.29. The van der Waals surface area contributed by atoms with Gasteiger partial charge in [0.05, 0.1) is 5.52 Å². The first-order valence-electron chi connectivity index (χ1n) is 6.46. The average molecular weight is 452 g/mol. The number of carbonyl (C=O) groups is 1. The number of halogens is 2. The summed E-state index contributed by atoms with van der Waals surface area (Å²) in [5.74, 6) is 0.122. The van der Waals surface area contributed by atoms with Crippen LogP contribution in [-0.4, -0.2) is 10.8 Å². The summed E-state index contributed by atoms with van der Waals surface area (Å²) >= 11 is 5.62. The van der Waals surface area contributed by atoms with Crippen LogP contribution in [0.5, 0.6) is 0 Å². The van der Waals surface area contributed by atoms with Gasteiger partial charge in [-0.25, -0.2) is 0 Å². The molecule has 0 N–H and O–H groups in total. The van der Waals surface area contributed by atoms with E-state index in [0.717, 1.165) is 30.1 Å². The van der Waals surface area contributed by atoms with E-state index in [4.69, 9.17) is 0 Å². The Kier molecular flexibility index (Phi) is 4.35. The van der Waals surface area contributed by atoms with Crippen molar-refractivity contribution in [2.24, 2.45) is 0 Å². The molecule has 0 saturated carbocycles. The summed E-state index contributed by atoms with van der Waals surface area (Å²) in [6, 6.07) is 15.6. The van der Waals surface area contributed by atoms with Gasteiger partial charge in [-0.05, 0) is 58.5 Å². The Labute approximate surface area is 144 Å². The Morgan fingerprint density at radius 1 is 1.14 bits per heavy atom. The van der Waals surface area contributed by atoms with Crippen LogP contribution in [-0.2, 0) is 6.42 Å². The Balaban J connectivity index is 1.99. The Hall–Kier alpha value is -1.27. The molecule has 4 heteroatoms. The first-order chi connectivity index (χ1) is 10.1. The molecular weight excluding hydrogens is 441 g/mol. The molecule has 3 rings (SSSR count). The molecule has 0 amide bonds. The standard InChI is InChI=1S/C17H11BrINO/c18-12-5-6-15(19)14(10-12)17(21)9-11-7-8-20-16-4-2-1-3-13(11)16/h1-8,10H,9H2.